The summed E-state index contributed by atoms with van der Waals surface area (Å²) in [5.41, 5.74) is 0. The predicted octanol–water partition coefficient (Wildman–Crippen LogP) is 25.6. The Hall–Kier alpha value is -3.64. The number of rotatable bonds is 63. The number of unbranched alkanes of at least 4 members (excludes halogenated alkanes) is 29. The van der Waals surface area contributed by atoms with Crippen LogP contribution in [0.1, 0.15) is 355 Å². The molecule has 486 valence electrons. The molecule has 0 radical (unpaired) electrons. The van der Waals surface area contributed by atoms with Gasteiger partial charge in [0.1, 0.15) is 0 Å². The summed E-state index contributed by atoms with van der Waals surface area (Å²) in [6, 6.07) is 0. The van der Waals surface area contributed by atoms with Gasteiger partial charge < -0.3 is 20.4 Å². The molecular weight excluding hydrogens is 1030 g/mol. The highest BCUT2D eigenvalue weighted by molar-refractivity contribution is 5.69. The highest BCUT2D eigenvalue weighted by Gasteiger charge is 2.17. The molecule has 0 aliphatic rings. The van der Waals surface area contributed by atoms with Crippen molar-refractivity contribution in [2.24, 2.45) is 11.8 Å². The van der Waals surface area contributed by atoms with Gasteiger partial charge in [0.2, 0.25) is 0 Å². The van der Waals surface area contributed by atoms with E-state index < -0.39 is 11.9 Å². The van der Waals surface area contributed by atoms with Crippen molar-refractivity contribution in [2.45, 2.75) is 361 Å². The highest BCUT2D eigenvalue weighted by atomic mass is 16.4. The second-order valence-electron chi connectivity index (χ2n) is 24.3. The third-order valence-corrected chi connectivity index (χ3v) is 16.1. The summed E-state index contributed by atoms with van der Waals surface area (Å²) >= 11 is 0. The van der Waals surface area contributed by atoms with Crippen LogP contribution in [0.25, 0.3) is 0 Å². The fourth-order valence-corrected chi connectivity index (χ4v) is 10.6. The number of aliphatic hydroxyl groups is 2. The molecule has 0 aromatic heterocycles. The molecule has 0 aromatic rings. The molecule has 3 unspecified atom stereocenters. The summed E-state index contributed by atoms with van der Waals surface area (Å²) in [5.74, 6) is -0.306. The van der Waals surface area contributed by atoms with Gasteiger partial charge in [0.15, 0.2) is 0 Å². The van der Waals surface area contributed by atoms with Gasteiger partial charge in [-0.3, -0.25) is 9.59 Å². The van der Waals surface area contributed by atoms with Crippen molar-refractivity contribution in [2.75, 3.05) is 0 Å². The first-order valence-corrected chi connectivity index (χ1v) is 35.9. The Balaban J connectivity index is 0. The van der Waals surface area contributed by atoms with Crippen molar-refractivity contribution >= 4 is 11.9 Å². The Morgan fingerprint density at radius 3 is 1.13 bits per heavy atom. The minimum Gasteiger partial charge on any atom is -0.513 e. The van der Waals surface area contributed by atoms with Crippen LogP contribution in [0.3, 0.4) is 0 Å². The SMILES string of the molecule is CCCCC/C=C\C/C=C(/O)CCCCCCCC.CCCCCCCC/C=C\CCCCCCCC(CC/C=C\C/C=C\C/C=C\C(O)CCCCCCC)CCCCC(CC/C=C\C/C=C\C/C=C\CCCCCCCC(=O)O)C(=O)O. The molecule has 0 bridgehead atoms. The van der Waals surface area contributed by atoms with Crippen LogP contribution in [0.2, 0.25) is 0 Å². The zero-order valence-electron chi connectivity index (χ0n) is 55.7. The fourth-order valence-electron chi connectivity index (χ4n) is 10.6. The van der Waals surface area contributed by atoms with Crippen LogP contribution < -0.4 is 0 Å². The highest BCUT2D eigenvalue weighted by Crippen LogP contribution is 2.25. The molecule has 0 aromatic carbocycles. The molecule has 6 nitrogen and oxygen atoms in total. The smallest absolute Gasteiger partial charge is 0.306 e. The number of allylic oxidation sites excluding steroid dienone is 17. The summed E-state index contributed by atoms with van der Waals surface area (Å²) < 4.78 is 0. The number of carbonyl (C=O) groups is 2. The molecule has 0 aliphatic carbocycles. The average molecular weight is 1170 g/mol. The van der Waals surface area contributed by atoms with E-state index in [4.69, 9.17) is 5.11 Å². The van der Waals surface area contributed by atoms with E-state index >= 15 is 0 Å². The van der Waals surface area contributed by atoms with E-state index in [1.165, 1.54) is 186 Å². The Kier molecular flexibility index (Phi) is 70.5. The number of aliphatic carboxylic acids is 2. The molecule has 0 rings (SSSR count). The topological polar surface area (TPSA) is 115 Å². The maximum atomic E-state index is 12.1. The largest absolute Gasteiger partial charge is 0.513 e. The number of carboxylic acid groups (broad SMARTS) is 2. The van der Waals surface area contributed by atoms with Crippen LogP contribution in [-0.2, 0) is 9.59 Å². The Labute approximate surface area is 521 Å². The van der Waals surface area contributed by atoms with Gasteiger partial charge in [-0.1, -0.05) is 305 Å². The molecule has 0 saturated heterocycles. The third kappa shape index (κ3) is 70.8. The van der Waals surface area contributed by atoms with Gasteiger partial charge in [-0.15, -0.1) is 0 Å². The maximum absolute atomic E-state index is 12.1. The molecule has 0 heterocycles. The van der Waals surface area contributed by atoms with Crippen LogP contribution in [0.15, 0.2) is 109 Å². The van der Waals surface area contributed by atoms with E-state index in [9.17, 15) is 24.9 Å². The van der Waals surface area contributed by atoms with Crippen molar-refractivity contribution in [3.05, 3.63) is 109 Å². The van der Waals surface area contributed by atoms with Crippen LogP contribution in [0, 0.1) is 11.8 Å². The number of aliphatic hydroxyl groups excluding tert-OH is 2. The normalized spacial score (nSPS) is 13.6. The van der Waals surface area contributed by atoms with Gasteiger partial charge in [0.05, 0.1) is 17.8 Å². The van der Waals surface area contributed by atoms with Gasteiger partial charge in [-0.2, -0.15) is 0 Å². The lowest BCUT2D eigenvalue weighted by Crippen LogP contribution is -2.13. The molecule has 3 atom stereocenters. The Bertz CT molecular complexity index is 1640. The fraction of sp³-hybridized carbons (Fsp3) is 0.744. The molecule has 0 amide bonds. The lowest BCUT2D eigenvalue weighted by atomic mass is 9.89. The molecule has 84 heavy (non-hydrogen) atoms. The monoisotopic (exact) mass is 1170 g/mol. The van der Waals surface area contributed by atoms with Crippen molar-refractivity contribution in [3.8, 4) is 0 Å². The van der Waals surface area contributed by atoms with E-state index in [1.54, 1.807) is 0 Å². The summed E-state index contributed by atoms with van der Waals surface area (Å²) in [7, 11) is 0. The molecule has 0 fully saturated rings. The van der Waals surface area contributed by atoms with Crippen LogP contribution in [0.5, 0.6) is 0 Å². The predicted molar refractivity (Wildman–Crippen MR) is 370 cm³/mol. The molecule has 0 aliphatic heterocycles. The zero-order chi connectivity index (χ0) is 61.5. The van der Waals surface area contributed by atoms with Gasteiger partial charge in [-0.05, 0) is 147 Å². The number of hydrogen-bond donors (Lipinski definition) is 4. The quantitative estimate of drug-likeness (QED) is 0.0274. The van der Waals surface area contributed by atoms with Crippen molar-refractivity contribution in [1.82, 2.24) is 0 Å². The Morgan fingerprint density at radius 2 is 0.643 bits per heavy atom. The summed E-state index contributed by atoms with van der Waals surface area (Å²) in [6.45, 7) is 8.98. The second kappa shape index (κ2) is 71.8. The number of carboxylic acids is 2. The first-order valence-electron chi connectivity index (χ1n) is 35.9. The maximum Gasteiger partial charge on any atom is 0.306 e. The molecular formula is C78H138O6. The minimum atomic E-state index is -0.695. The van der Waals surface area contributed by atoms with E-state index in [0.717, 1.165) is 128 Å². The third-order valence-electron chi connectivity index (χ3n) is 16.1. The van der Waals surface area contributed by atoms with Gasteiger partial charge in [0, 0.05) is 12.8 Å². The lowest BCUT2D eigenvalue weighted by Gasteiger charge is -2.17. The minimum absolute atomic E-state index is 0.259. The van der Waals surface area contributed by atoms with Crippen molar-refractivity contribution < 1.29 is 30.0 Å². The van der Waals surface area contributed by atoms with Crippen molar-refractivity contribution in [3.63, 3.8) is 0 Å². The lowest BCUT2D eigenvalue weighted by molar-refractivity contribution is -0.142. The summed E-state index contributed by atoms with van der Waals surface area (Å²) in [6.07, 6.45) is 95.6. The molecule has 4 N–H and O–H groups in total. The molecule has 0 saturated carbocycles. The van der Waals surface area contributed by atoms with Crippen LogP contribution >= 0.6 is 0 Å². The van der Waals surface area contributed by atoms with Crippen LogP contribution in [-0.4, -0.2) is 38.5 Å². The molecule has 6 heteroatoms. The van der Waals surface area contributed by atoms with E-state index in [1.807, 2.05) is 12.2 Å². The van der Waals surface area contributed by atoms with E-state index in [-0.39, 0.29) is 18.4 Å². The summed E-state index contributed by atoms with van der Waals surface area (Å²) in [5, 5.41) is 38.6. The Morgan fingerprint density at radius 1 is 0.310 bits per heavy atom. The second-order valence-corrected chi connectivity index (χ2v) is 24.3. The first-order chi connectivity index (χ1) is 41.2. The number of hydrogen-bond acceptors (Lipinski definition) is 4. The summed E-state index contributed by atoms with van der Waals surface area (Å²) in [4.78, 5) is 22.7. The van der Waals surface area contributed by atoms with Gasteiger partial charge in [0.25, 0.3) is 0 Å². The molecule has 0 spiro atoms. The van der Waals surface area contributed by atoms with Crippen molar-refractivity contribution in [1.29, 1.82) is 0 Å². The zero-order valence-corrected chi connectivity index (χ0v) is 55.7. The average Bonchev–Trinajstić information content (AvgIpc) is 3.49. The standard InChI is InChI=1S/C60H104O5.C18H34O/c1-3-5-7-9-10-11-12-13-15-18-21-24-29-35-40-48-56(49-41-36-30-27-28-32-38-44-54-58(61)53-43-34-8-6-4-2)50-46-47-52-57(60(64)65)51-42-37-31-25-22-19-16-14-17-20-23-26-33-39-45-55-59(62)63;1-3-5-7-9-11-13-15-17-18(19)16-14-12-10-8-6-4-2/h13-15,17,19,22,28,30-32,36-37,44,54,56-58,61H,3-12,16,18,20-21,23-27,29,33-35,38-43,45-53,55H2,1-2H3,(H,62,63)(H,64,65);11,13,17,19H,3-10,12,14-16H2,1-2H3/b15-13-,17-14-,22-19-,32-28-,36-30-,37-31-,54-44-;13-11-,18-17+. The van der Waals surface area contributed by atoms with Gasteiger partial charge >= 0.3 is 11.9 Å². The van der Waals surface area contributed by atoms with E-state index in [0.29, 0.717) is 18.1 Å². The first kappa shape index (κ1) is 82.4. The van der Waals surface area contributed by atoms with Crippen LogP contribution in [0.4, 0.5) is 0 Å². The van der Waals surface area contributed by atoms with E-state index in [2.05, 4.69) is 119 Å². The van der Waals surface area contributed by atoms with Gasteiger partial charge in [-0.25, -0.2) is 0 Å².